The summed E-state index contributed by atoms with van der Waals surface area (Å²) in [6.45, 7) is 0. The monoisotopic (exact) mass is 219 g/mol. The highest BCUT2D eigenvalue weighted by molar-refractivity contribution is 6.33. The molecule has 0 unspecified atom stereocenters. The highest BCUT2D eigenvalue weighted by Crippen LogP contribution is 2.33. The molecule has 1 aromatic heterocycles. The van der Waals surface area contributed by atoms with Gasteiger partial charge in [-0.3, -0.25) is 4.98 Å². The molecule has 0 aliphatic heterocycles. The van der Waals surface area contributed by atoms with E-state index in [4.69, 9.17) is 16.3 Å². The van der Waals surface area contributed by atoms with Gasteiger partial charge in [0.2, 0.25) is 0 Å². The van der Waals surface area contributed by atoms with E-state index in [0.29, 0.717) is 5.02 Å². The predicted octanol–water partition coefficient (Wildman–Crippen LogP) is 3.41. The maximum absolute atomic E-state index is 6.07. The summed E-state index contributed by atoms with van der Waals surface area (Å²) in [5.41, 5.74) is 1.91. The molecular weight excluding hydrogens is 210 g/mol. The number of halogens is 1. The third-order valence-corrected chi connectivity index (χ3v) is 2.47. The number of pyridine rings is 1. The van der Waals surface area contributed by atoms with Crippen LogP contribution in [-0.4, -0.2) is 12.1 Å². The third-order valence-electron chi connectivity index (χ3n) is 2.17. The van der Waals surface area contributed by atoms with Crippen molar-refractivity contribution in [1.29, 1.82) is 0 Å². The van der Waals surface area contributed by atoms with Crippen molar-refractivity contribution in [1.82, 2.24) is 4.98 Å². The van der Waals surface area contributed by atoms with Gasteiger partial charge in [0.1, 0.15) is 5.75 Å². The van der Waals surface area contributed by atoms with Gasteiger partial charge in [0, 0.05) is 23.5 Å². The second kappa shape index (κ2) is 4.32. The Bertz CT molecular complexity index is 471. The fourth-order valence-corrected chi connectivity index (χ4v) is 1.68. The van der Waals surface area contributed by atoms with Crippen LogP contribution in [-0.2, 0) is 0 Å². The van der Waals surface area contributed by atoms with Crippen molar-refractivity contribution in [2.24, 2.45) is 0 Å². The molecule has 0 fully saturated rings. The van der Waals surface area contributed by atoms with Gasteiger partial charge in [0.05, 0.1) is 12.1 Å². The van der Waals surface area contributed by atoms with Gasteiger partial charge in [-0.15, -0.1) is 0 Å². The van der Waals surface area contributed by atoms with Crippen molar-refractivity contribution in [3.8, 4) is 16.9 Å². The van der Waals surface area contributed by atoms with E-state index in [-0.39, 0.29) is 0 Å². The standard InChI is InChI=1S/C12H10ClNO/c1-15-12-5-3-2-4-10(12)9-6-7-14-8-11(9)13/h2-8H,1H3. The molecule has 2 rings (SSSR count). The number of aromatic nitrogens is 1. The third kappa shape index (κ3) is 1.95. The molecule has 0 N–H and O–H groups in total. The number of hydrogen-bond donors (Lipinski definition) is 0. The van der Waals surface area contributed by atoms with Crippen molar-refractivity contribution < 1.29 is 4.74 Å². The van der Waals surface area contributed by atoms with Crippen LogP contribution in [0.2, 0.25) is 5.02 Å². The topological polar surface area (TPSA) is 22.1 Å². The smallest absolute Gasteiger partial charge is 0.126 e. The highest BCUT2D eigenvalue weighted by Gasteiger charge is 2.07. The minimum Gasteiger partial charge on any atom is -0.496 e. The molecule has 2 aromatic rings. The SMILES string of the molecule is COc1ccccc1-c1ccncc1Cl. The lowest BCUT2D eigenvalue weighted by Gasteiger charge is -2.08. The van der Waals surface area contributed by atoms with Gasteiger partial charge in [-0.25, -0.2) is 0 Å². The van der Waals surface area contributed by atoms with Crippen molar-refractivity contribution in [3.63, 3.8) is 0 Å². The molecule has 0 aliphatic carbocycles. The first kappa shape index (κ1) is 9.99. The number of benzene rings is 1. The summed E-state index contributed by atoms with van der Waals surface area (Å²) in [5.74, 6) is 0.811. The van der Waals surface area contributed by atoms with E-state index in [9.17, 15) is 0 Å². The molecule has 0 amide bonds. The van der Waals surface area contributed by atoms with Crippen LogP contribution in [0.1, 0.15) is 0 Å². The lowest BCUT2D eigenvalue weighted by molar-refractivity contribution is 0.416. The van der Waals surface area contributed by atoms with Gasteiger partial charge in [-0.05, 0) is 12.1 Å². The number of methoxy groups -OCH3 is 1. The number of para-hydroxylation sites is 1. The van der Waals surface area contributed by atoms with Crippen LogP contribution in [0.5, 0.6) is 5.75 Å². The molecule has 0 saturated carbocycles. The Morgan fingerprint density at radius 2 is 1.93 bits per heavy atom. The normalized spacial score (nSPS) is 10.0. The Labute approximate surface area is 93.5 Å². The Balaban J connectivity index is 2.59. The van der Waals surface area contributed by atoms with E-state index in [2.05, 4.69) is 4.98 Å². The fraction of sp³-hybridized carbons (Fsp3) is 0.0833. The zero-order valence-corrected chi connectivity index (χ0v) is 9.03. The molecule has 0 saturated heterocycles. The van der Waals surface area contributed by atoms with Crippen molar-refractivity contribution >= 4 is 11.6 Å². The molecule has 3 heteroatoms. The zero-order chi connectivity index (χ0) is 10.7. The van der Waals surface area contributed by atoms with E-state index >= 15 is 0 Å². The second-order valence-electron chi connectivity index (χ2n) is 3.06. The van der Waals surface area contributed by atoms with E-state index in [1.54, 1.807) is 19.5 Å². The van der Waals surface area contributed by atoms with Gasteiger partial charge >= 0.3 is 0 Å². The van der Waals surface area contributed by atoms with Gasteiger partial charge in [-0.1, -0.05) is 29.8 Å². The van der Waals surface area contributed by atoms with Crippen LogP contribution in [0.25, 0.3) is 11.1 Å². The molecule has 0 radical (unpaired) electrons. The molecule has 0 atom stereocenters. The minimum absolute atomic E-state index is 0.627. The van der Waals surface area contributed by atoms with Crippen LogP contribution in [0.15, 0.2) is 42.7 Å². The van der Waals surface area contributed by atoms with Gasteiger partial charge in [0.25, 0.3) is 0 Å². The van der Waals surface area contributed by atoms with Crippen molar-refractivity contribution in [3.05, 3.63) is 47.7 Å². The summed E-state index contributed by atoms with van der Waals surface area (Å²) in [6.07, 6.45) is 3.34. The Kier molecular flexibility index (Phi) is 2.88. The van der Waals surface area contributed by atoms with E-state index in [1.807, 2.05) is 30.3 Å². The summed E-state index contributed by atoms with van der Waals surface area (Å²) in [6, 6.07) is 9.64. The molecule has 1 heterocycles. The molecule has 15 heavy (non-hydrogen) atoms. The Morgan fingerprint density at radius 1 is 1.13 bits per heavy atom. The van der Waals surface area contributed by atoms with Gasteiger partial charge in [0.15, 0.2) is 0 Å². The summed E-state index contributed by atoms with van der Waals surface area (Å²) in [4.78, 5) is 3.95. The molecule has 1 aromatic carbocycles. The number of hydrogen-bond acceptors (Lipinski definition) is 2. The zero-order valence-electron chi connectivity index (χ0n) is 8.27. The first-order chi connectivity index (χ1) is 7.33. The largest absolute Gasteiger partial charge is 0.496 e. The summed E-state index contributed by atoms with van der Waals surface area (Å²) < 4.78 is 5.28. The molecular formula is C12H10ClNO. The molecule has 0 aliphatic rings. The van der Waals surface area contributed by atoms with Crippen LogP contribution < -0.4 is 4.74 Å². The quantitative estimate of drug-likeness (QED) is 0.772. The summed E-state index contributed by atoms with van der Waals surface area (Å²) in [5, 5.41) is 0.627. The van der Waals surface area contributed by atoms with Crippen LogP contribution in [0, 0.1) is 0 Å². The maximum atomic E-state index is 6.07. The summed E-state index contributed by atoms with van der Waals surface area (Å²) in [7, 11) is 1.65. The van der Waals surface area contributed by atoms with Gasteiger partial charge in [-0.2, -0.15) is 0 Å². The Hall–Kier alpha value is -1.54. The number of nitrogens with zero attached hydrogens (tertiary/aromatic N) is 1. The van der Waals surface area contributed by atoms with Crippen molar-refractivity contribution in [2.45, 2.75) is 0 Å². The minimum atomic E-state index is 0.627. The molecule has 0 bridgehead atoms. The fourth-order valence-electron chi connectivity index (χ4n) is 1.46. The van der Waals surface area contributed by atoms with Crippen LogP contribution in [0.3, 0.4) is 0 Å². The average Bonchev–Trinajstić information content (AvgIpc) is 2.30. The molecule has 76 valence electrons. The number of ether oxygens (including phenoxy) is 1. The number of rotatable bonds is 2. The highest BCUT2D eigenvalue weighted by atomic mass is 35.5. The van der Waals surface area contributed by atoms with Gasteiger partial charge < -0.3 is 4.74 Å². The van der Waals surface area contributed by atoms with E-state index in [1.165, 1.54) is 0 Å². The van der Waals surface area contributed by atoms with E-state index < -0.39 is 0 Å². The first-order valence-electron chi connectivity index (χ1n) is 4.56. The molecule has 2 nitrogen and oxygen atoms in total. The predicted molar refractivity (Wildman–Crippen MR) is 61.2 cm³/mol. The van der Waals surface area contributed by atoms with Crippen LogP contribution >= 0.6 is 11.6 Å². The summed E-state index contributed by atoms with van der Waals surface area (Å²) >= 11 is 6.07. The molecule has 0 spiro atoms. The average molecular weight is 220 g/mol. The Morgan fingerprint density at radius 3 is 2.67 bits per heavy atom. The second-order valence-corrected chi connectivity index (χ2v) is 3.46. The maximum Gasteiger partial charge on any atom is 0.126 e. The first-order valence-corrected chi connectivity index (χ1v) is 4.93. The van der Waals surface area contributed by atoms with Crippen LogP contribution in [0.4, 0.5) is 0 Å². The van der Waals surface area contributed by atoms with Crippen molar-refractivity contribution in [2.75, 3.05) is 7.11 Å². The lowest BCUT2D eigenvalue weighted by atomic mass is 10.1. The lowest BCUT2D eigenvalue weighted by Crippen LogP contribution is -1.88. The van der Waals surface area contributed by atoms with E-state index in [0.717, 1.165) is 16.9 Å².